The highest BCUT2D eigenvalue weighted by Crippen LogP contribution is 2.30. The van der Waals surface area contributed by atoms with Crippen LogP contribution >= 0.6 is 0 Å². The summed E-state index contributed by atoms with van der Waals surface area (Å²) in [6.07, 6.45) is 2.61. The van der Waals surface area contributed by atoms with Crippen molar-refractivity contribution >= 4 is 22.8 Å². The summed E-state index contributed by atoms with van der Waals surface area (Å²) in [6.45, 7) is 8.56. The maximum absolute atomic E-state index is 14.1. The lowest BCUT2D eigenvalue weighted by atomic mass is 9.85. The largest absolute Gasteiger partial charge is 0.516 e. The van der Waals surface area contributed by atoms with Crippen LogP contribution in [-0.2, 0) is 4.74 Å². The summed E-state index contributed by atoms with van der Waals surface area (Å²) in [5.74, 6) is 1.58. The number of ether oxygens (including phenoxy) is 1. The predicted molar refractivity (Wildman–Crippen MR) is 152 cm³/mol. The Labute approximate surface area is 233 Å². The molecular weight excluding hydrogens is 516 g/mol. The van der Waals surface area contributed by atoms with Gasteiger partial charge < -0.3 is 25.4 Å². The quantitative estimate of drug-likeness (QED) is 0.302. The number of aliphatic hydroxyl groups excluding tert-OH is 1. The molecule has 2 aromatic heterocycles. The Morgan fingerprint density at radius 2 is 1.90 bits per heavy atom. The van der Waals surface area contributed by atoms with Crippen LogP contribution in [0.5, 0.6) is 0 Å². The average Bonchev–Trinajstić information content (AvgIpc) is 3.37. The molecule has 9 nitrogen and oxygen atoms in total. The van der Waals surface area contributed by atoms with Crippen LogP contribution < -0.4 is 15.5 Å². The Hall–Kier alpha value is -3.31. The van der Waals surface area contributed by atoms with Gasteiger partial charge in [0.2, 0.25) is 5.95 Å². The number of para-hydroxylation sites is 2. The van der Waals surface area contributed by atoms with Gasteiger partial charge in [-0.25, -0.2) is 13.8 Å². The predicted octanol–water partition coefficient (Wildman–Crippen LogP) is 5.39. The van der Waals surface area contributed by atoms with Crippen LogP contribution in [0.3, 0.4) is 0 Å². The number of nitrogens with one attached hydrogen (secondary N) is 2. The summed E-state index contributed by atoms with van der Waals surface area (Å²) in [5, 5.41) is 16.3. The summed E-state index contributed by atoms with van der Waals surface area (Å²) in [7, 11) is 0. The van der Waals surface area contributed by atoms with Crippen LogP contribution in [0.2, 0.25) is 0 Å². The zero-order chi connectivity index (χ0) is 28.2. The van der Waals surface area contributed by atoms with E-state index in [0.717, 1.165) is 31.3 Å². The van der Waals surface area contributed by atoms with Gasteiger partial charge in [0.05, 0.1) is 36.6 Å². The second-order valence-corrected chi connectivity index (χ2v) is 11.0. The zero-order valence-corrected chi connectivity index (χ0v) is 23.4. The molecule has 0 spiro atoms. The topological polar surface area (TPSA) is 100 Å². The Morgan fingerprint density at radius 3 is 2.62 bits per heavy atom. The van der Waals surface area contributed by atoms with Gasteiger partial charge in [-0.2, -0.15) is 9.97 Å². The first kappa shape index (κ1) is 28.2. The number of hydrogen-bond acceptors (Lipinski definition) is 8. The third-order valence-electron chi connectivity index (χ3n) is 8.14. The number of aromatic nitrogens is 4. The van der Waals surface area contributed by atoms with E-state index >= 15 is 0 Å². The van der Waals surface area contributed by atoms with Gasteiger partial charge in [-0.1, -0.05) is 12.1 Å². The maximum Gasteiger partial charge on any atom is 0.296 e. The second-order valence-electron chi connectivity index (χ2n) is 11.0. The highest BCUT2D eigenvalue weighted by molar-refractivity contribution is 5.78. The molecule has 3 N–H and O–H groups in total. The Morgan fingerprint density at radius 1 is 1.15 bits per heavy atom. The van der Waals surface area contributed by atoms with E-state index < -0.39 is 6.43 Å². The molecule has 0 radical (unpaired) electrons. The number of anilines is 2. The number of halogens is 2. The molecule has 3 aromatic rings. The standard InChI is InChI=1S/C29H39F2N7O2/c1-18(16-39)20(3)33-22-10-8-21(9-11-22)15-32-29-35-25(37-12-13-40-17-19(37)2)14-26(36-29)38-24-7-5-4-6-23(24)34-28(38)27(30)31/h4-7,14,16,19-22,27,33,39H,8-13,15,17H2,1-3H3,(H,32,35,36)/b18-16+/t19-,20?,21-,22-/m1/s1. The number of imidazole rings is 1. The molecule has 3 heterocycles. The number of alkyl halides is 2. The summed E-state index contributed by atoms with van der Waals surface area (Å²) in [5.41, 5.74) is 2.00. The smallest absolute Gasteiger partial charge is 0.296 e. The fraction of sp³-hybridized carbons (Fsp3) is 0.552. The summed E-state index contributed by atoms with van der Waals surface area (Å²) >= 11 is 0. The number of nitrogens with zero attached hydrogens (tertiary/aromatic N) is 5. The van der Waals surface area contributed by atoms with Crippen LogP contribution in [-0.4, -0.2) is 69.1 Å². The minimum atomic E-state index is -2.76. The lowest BCUT2D eigenvalue weighted by Crippen LogP contribution is -2.44. The molecule has 216 valence electrons. The number of aliphatic hydroxyl groups is 1. The maximum atomic E-state index is 14.1. The Bertz CT molecular complexity index is 1320. The van der Waals surface area contributed by atoms with E-state index in [1.54, 1.807) is 24.3 Å². The van der Waals surface area contributed by atoms with Gasteiger partial charge in [0.25, 0.3) is 6.43 Å². The molecule has 1 aliphatic carbocycles. The number of hydrogen-bond donors (Lipinski definition) is 3. The lowest BCUT2D eigenvalue weighted by molar-refractivity contribution is 0.0985. The molecule has 5 rings (SSSR count). The van der Waals surface area contributed by atoms with E-state index in [2.05, 4.69) is 34.4 Å². The highest BCUT2D eigenvalue weighted by atomic mass is 19.3. The highest BCUT2D eigenvalue weighted by Gasteiger charge is 2.26. The first-order valence-corrected chi connectivity index (χ1v) is 14.1. The fourth-order valence-electron chi connectivity index (χ4n) is 5.63. The summed E-state index contributed by atoms with van der Waals surface area (Å²) < 4.78 is 35.4. The van der Waals surface area contributed by atoms with Crippen LogP contribution in [0.1, 0.15) is 58.7 Å². The minimum absolute atomic E-state index is 0.0907. The molecular formula is C29H39F2N7O2. The van der Waals surface area contributed by atoms with Gasteiger partial charge >= 0.3 is 0 Å². The van der Waals surface area contributed by atoms with E-state index in [9.17, 15) is 13.9 Å². The van der Waals surface area contributed by atoms with Crippen LogP contribution in [0.25, 0.3) is 16.9 Å². The van der Waals surface area contributed by atoms with Gasteiger partial charge in [-0.3, -0.25) is 4.57 Å². The van der Waals surface area contributed by atoms with Crippen molar-refractivity contribution in [3.8, 4) is 5.82 Å². The monoisotopic (exact) mass is 555 g/mol. The lowest BCUT2D eigenvalue weighted by Gasteiger charge is -2.34. The van der Waals surface area contributed by atoms with Crippen molar-refractivity contribution in [1.82, 2.24) is 24.8 Å². The third-order valence-corrected chi connectivity index (χ3v) is 8.14. The van der Waals surface area contributed by atoms with Crippen molar-refractivity contribution in [2.45, 2.75) is 71.0 Å². The SMILES string of the molecule is C/C(=C\O)C(C)N[C@H]1CC[C@H](CNc2nc(N3CCOC[C@H]3C)cc(-n3c(C(F)F)nc4ccccc43)n2)CC1. The molecule has 1 aromatic carbocycles. The molecule has 1 unspecified atom stereocenters. The van der Waals surface area contributed by atoms with E-state index in [0.29, 0.717) is 66.9 Å². The fourth-order valence-corrected chi connectivity index (χ4v) is 5.63. The van der Waals surface area contributed by atoms with Crippen LogP contribution in [0, 0.1) is 5.92 Å². The van der Waals surface area contributed by atoms with Gasteiger partial charge in [0.15, 0.2) is 5.82 Å². The molecule has 0 bridgehead atoms. The molecule has 2 fully saturated rings. The third kappa shape index (κ3) is 6.20. The van der Waals surface area contributed by atoms with E-state index in [1.165, 1.54) is 10.8 Å². The normalized spacial score (nSPS) is 23.1. The van der Waals surface area contributed by atoms with E-state index in [-0.39, 0.29) is 17.9 Å². The van der Waals surface area contributed by atoms with Gasteiger partial charge in [0.1, 0.15) is 11.6 Å². The molecule has 40 heavy (non-hydrogen) atoms. The Balaban J connectivity index is 1.38. The van der Waals surface area contributed by atoms with Crippen molar-refractivity contribution in [1.29, 1.82) is 0 Å². The molecule has 1 saturated carbocycles. The Kier molecular flexibility index (Phi) is 8.80. The van der Waals surface area contributed by atoms with Crippen LogP contribution in [0.15, 0.2) is 42.2 Å². The molecule has 2 atom stereocenters. The van der Waals surface area contributed by atoms with Crippen molar-refractivity contribution in [2.24, 2.45) is 5.92 Å². The number of benzene rings is 1. The first-order valence-electron chi connectivity index (χ1n) is 14.1. The van der Waals surface area contributed by atoms with Crippen LogP contribution in [0.4, 0.5) is 20.5 Å². The van der Waals surface area contributed by atoms with Crippen molar-refractivity contribution < 1.29 is 18.6 Å². The van der Waals surface area contributed by atoms with Crippen molar-refractivity contribution in [3.05, 3.63) is 48.0 Å². The molecule has 1 saturated heterocycles. The number of morpholine rings is 1. The number of fused-ring (bicyclic) bond motifs is 1. The first-order chi connectivity index (χ1) is 19.3. The van der Waals surface area contributed by atoms with Crippen molar-refractivity contribution in [2.75, 3.05) is 36.5 Å². The molecule has 2 aliphatic rings. The zero-order valence-electron chi connectivity index (χ0n) is 23.4. The molecule has 1 aliphatic heterocycles. The van der Waals surface area contributed by atoms with E-state index in [1.807, 2.05) is 13.0 Å². The van der Waals surface area contributed by atoms with Gasteiger partial charge in [-0.15, -0.1) is 0 Å². The van der Waals surface area contributed by atoms with E-state index in [4.69, 9.17) is 14.7 Å². The summed E-state index contributed by atoms with van der Waals surface area (Å²) in [4.78, 5) is 15.9. The number of rotatable bonds is 9. The summed E-state index contributed by atoms with van der Waals surface area (Å²) in [6, 6.07) is 9.53. The minimum Gasteiger partial charge on any atom is -0.516 e. The average molecular weight is 556 g/mol. The molecule has 11 heteroatoms. The van der Waals surface area contributed by atoms with Gasteiger partial charge in [0, 0.05) is 31.2 Å². The second kappa shape index (κ2) is 12.5. The van der Waals surface area contributed by atoms with Gasteiger partial charge in [-0.05, 0) is 70.1 Å². The molecule has 0 amide bonds. The van der Waals surface area contributed by atoms with Crippen molar-refractivity contribution in [3.63, 3.8) is 0 Å².